The third-order valence-electron chi connectivity index (χ3n) is 2.69. The number of aldehydes is 1. The number of rotatable bonds is 7. The van der Waals surface area contributed by atoms with Gasteiger partial charge in [-0.2, -0.15) is 0 Å². The van der Waals surface area contributed by atoms with Crippen LogP contribution < -0.4 is 0 Å². The van der Waals surface area contributed by atoms with Gasteiger partial charge in [0.05, 0.1) is 0 Å². The maximum Gasteiger partial charge on any atom is 0.231 e. The topological polar surface area (TPSA) is 54.4 Å². The van der Waals surface area contributed by atoms with Crippen LogP contribution in [-0.4, -0.2) is 23.1 Å². The average molecular weight is 255 g/mol. The van der Waals surface area contributed by atoms with E-state index in [0.29, 0.717) is 24.3 Å². The summed E-state index contributed by atoms with van der Waals surface area (Å²) in [6, 6.07) is 8.51. The molecular formula is C13H15ClO3. The van der Waals surface area contributed by atoms with E-state index in [9.17, 15) is 14.7 Å². The molecule has 1 atom stereocenters. The summed E-state index contributed by atoms with van der Waals surface area (Å²) in [4.78, 5) is 22.2. The van der Waals surface area contributed by atoms with Crippen molar-refractivity contribution in [3.63, 3.8) is 0 Å². The molecule has 1 unspecified atom stereocenters. The molecule has 4 heteroatoms. The molecule has 0 aromatic heterocycles. The summed E-state index contributed by atoms with van der Waals surface area (Å²) in [5.41, 5.74) is -1.26. The van der Waals surface area contributed by atoms with Crippen molar-refractivity contribution >= 4 is 23.7 Å². The number of alkyl halides is 1. The van der Waals surface area contributed by atoms with Gasteiger partial charge in [0, 0.05) is 5.88 Å². The first-order valence-corrected chi connectivity index (χ1v) is 6.02. The van der Waals surface area contributed by atoms with Crippen molar-refractivity contribution in [1.29, 1.82) is 0 Å². The lowest BCUT2D eigenvalue weighted by Gasteiger charge is -2.24. The van der Waals surface area contributed by atoms with Crippen molar-refractivity contribution in [3.8, 4) is 0 Å². The maximum absolute atomic E-state index is 11.6. The molecule has 92 valence electrons. The predicted molar refractivity (Wildman–Crippen MR) is 66.0 cm³/mol. The Kier molecular flexibility index (Phi) is 5.32. The Bertz CT molecular complexity index is 378. The van der Waals surface area contributed by atoms with E-state index in [1.54, 1.807) is 30.3 Å². The summed E-state index contributed by atoms with van der Waals surface area (Å²) in [6.07, 6.45) is 1.67. The molecule has 0 aliphatic heterocycles. The van der Waals surface area contributed by atoms with Crippen LogP contribution in [0, 0.1) is 0 Å². The fourth-order valence-corrected chi connectivity index (χ4v) is 1.89. The molecule has 0 fully saturated rings. The van der Waals surface area contributed by atoms with Crippen LogP contribution >= 0.6 is 11.6 Å². The van der Waals surface area contributed by atoms with Gasteiger partial charge in [0.2, 0.25) is 5.78 Å². The summed E-state index contributed by atoms with van der Waals surface area (Å²) in [5.74, 6) is -0.335. The smallest absolute Gasteiger partial charge is 0.231 e. The molecule has 0 radical (unpaired) electrons. The number of ketones is 1. The van der Waals surface area contributed by atoms with Gasteiger partial charge in [0.25, 0.3) is 0 Å². The van der Waals surface area contributed by atoms with E-state index in [2.05, 4.69) is 0 Å². The molecule has 0 aliphatic carbocycles. The number of Topliss-reactive ketones (excluding diaryl/α,β-unsaturated/α-hetero) is 1. The van der Waals surface area contributed by atoms with Gasteiger partial charge >= 0.3 is 0 Å². The van der Waals surface area contributed by atoms with Crippen molar-refractivity contribution in [3.05, 3.63) is 35.9 Å². The Morgan fingerprint density at radius 3 is 2.47 bits per heavy atom. The van der Waals surface area contributed by atoms with E-state index in [-0.39, 0.29) is 12.7 Å². The fourth-order valence-electron chi connectivity index (χ4n) is 1.70. The number of hydrogen-bond donors (Lipinski definition) is 1. The molecule has 0 saturated carbocycles. The van der Waals surface area contributed by atoms with Crippen LogP contribution in [0.15, 0.2) is 30.3 Å². The minimum atomic E-state index is -1.71. The van der Waals surface area contributed by atoms with Crippen LogP contribution in [0.5, 0.6) is 0 Å². The molecule has 0 heterocycles. The Morgan fingerprint density at radius 1 is 1.29 bits per heavy atom. The van der Waals surface area contributed by atoms with Gasteiger partial charge < -0.3 is 5.11 Å². The number of carbonyl (C=O) groups is 2. The first kappa shape index (κ1) is 13.9. The summed E-state index contributed by atoms with van der Waals surface area (Å²) in [5, 5.41) is 10.4. The van der Waals surface area contributed by atoms with E-state index in [4.69, 9.17) is 11.6 Å². The van der Waals surface area contributed by atoms with Crippen molar-refractivity contribution in [2.24, 2.45) is 0 Å². The molecular weight excluding hydrogens is 240 g/mol. The molecule has 0 saturated heterocycles. The van der Waals surface area contributed by atoms with Gasteiger partial charge in [0.15, 0.2) is 11.9 Å². The summed E-state index contributed by atoms with van der Waals surface area (Å²) in [7, 11) is 0. The first-order chi connectivity index (χ1) is 8.15. The highest BCUT2D eigenvalue weighted by molar-refractivity contribution is 6.28. The zero-order chi connectivity index (χ0) is 12.7. The standard InChI is InChI=1S/C13H15ClO3/c14-9-5-4-8-13(17,12(16)10-15)11-6-2-1-3-7-11/h1-3,6-7,10,17H,4-5,8-9H2. The van der Waals surface area contributed by atoms with Gasteiger partial charge in [-0.1, -0.05) is 30.3 Å². The quantitative estimate of drug-likeness (QED) is 0.351. The number of aliphatic hydroxyl groups is 1. The molecule has 1 N–H and O–H groups in total. The third kappa shape index (κ3) is 3.38. The van der Waals surface area contributed by atoms with Gasteiger partial charge in [0.1, 0.15) is 0 Å². The molecule has 0 bridgehead atoms. The zero-order valence-electron chi connectivity index (χ0n) is 9.43. The minimum absolute atomic E-state index is 0.174. The van der Waals surface area contributed by atoms with Crippen molar-refractivity contribution < 1.29 is 14.7 Å². The van der Waals surface area contributed by atoms with E-state index >= 15 is 0 Å². The second kappa shape index (κ2) is 6.52. The highest BCUT2D eigenvalue weighted by Gasteiger charge is 2.36. The van der Waals surface area contributed by atoms with Gasteiger partial charge in [-0.25, -0.2) is 0 Å². The number of hydrogen-bond acceptors (Lipinski definition) is 3. The normalized spacial score (nSPS) is 14.0. The Balaban J connectivity index is 2.94. The number of unbranched alkanes of at least 4 members (excludes halogenated alkanes) is 1. The third-order valence-corrected chi connectivity index (χ3v) is 2.96. The lowest BCUT2D eigenvalue weighted by atomic mass is 9.85. The molecule has 0 spiro atoms. The largest absolute Gasteiger partial charge is 0.377 e. The summed E-state index contributed by atoms with van der Waals surface area (Å²) in [6.45, 7) is 0. The monoisotopic (exact) mass is 254 g/mol. The number of benzene rings is 1. The van der Waals surface area contributed by atoms with Crippen LogP contribution in [0.25, 0.3) is 0 Å². The predicted octanol–water partition coefficient (Wildman–Crippen LogP) is 2.05. The van der Waals surface area contributed by atoms with Crippen LogP contribution in [0.4, 0.5) is 0 Å². The first-order valence-electron chi connectivity index (χ1n) is 5.48. The number of carbonyl (C=O) groups excluding carboxylic acids is 2. The van der Waals surface area contributed by atoms with E-state index in [0.717, 1.165) is 0 Å². The van der Waals surface area contributed by atoms with Crippen molar-refractivity contribution in [1.82, 2.24) is 0 Å². The SMILES string of the molecule is O=CC(=O)C(O)(CCCCCl)c1ccccc1. The summed E-state index contributed by atoms with van der Waals surface area (Å²) >= 11 is 5.55. The molecule has 17 heavy (non-hydrogen) atoms. The summed E-state index contributed by atoms with van der Waals surface area (Å²) < 4.78 is 0. The Hall–Kier alpha value is -1.19. The lowest BCUT2D eigenvalue weighted by Crippen LogP contribution is -2.36. The van der Waals surface area contributed by atoms with Crippen LogP contribution in [0.1, 0.15) is 24.8 Å². The Morgan fingerprint density at radius 2 is 1.94 bits per heavy atom. The minimum Gasteiger partial charge on any atom is -0.377 e. The fraction of sp³-hybridized carbons (Fsp3) is 0.385. The highest BCUT2D eigenvalue weighted by Crippen LogP contribution is 2.27. The van der Waals surface area contributed by atoms with Crippen LogP contribution in [0.2, 0.25) is 0 Å². The molecule has 0 aliphatic rings. The van der Waals surface area contributed by atoms with E-state index < -0.39 is 11.4 Å². The second-order valence-electron chi connectivity index (χ2n) is 3.85. The molecule has 1 rings (SSSR count). The maximum atomic E-state index is 11.6. The highest BCUT2D eigenvalue weighted by atomic mass is 35.5. The van der Waals surface area contributed by atoms with Crippen molar-refractivity contribution in [2.75, 3.05) is 5.88 Å². The molecule has 3 nitrogen and oxygen atoms in total. The van der Waals surface area contributed by atoms with Crippen molar-refractivity contribution in [2.45, 2.75) is 24.9 Å². The van der Waals surface area contributed by atoms with E-state index in [1.807, 2.05) is 0 Å². The average Bonchev–Trinajstić information content (AvgIpc) is 2.39. The van der Waals surface area contributed by atoms with Gasteiger partial charge in [-0.15, -0.1) is 11.6 Å². The van der Waals surface area contributed by atoms with Crippen LogP contribution in [-0.2, 0) is 15.2 Å². The molecule has 1 aromatic carbocycles. The van der Waals surface area contributed by atoms with Gasteiger partial charge in [-0.3, -0.25) is 9.59 Å². The van der Waals surface area contributed by atoms with Gasteiger partial charge in [-0.05, 0) is 24.8 Å². The zero-order valence-corrected chi connectivity index (χ0v) is 10.2. The number of halogens is 1. The molecule has 1 aromatic rings. The molecule has 0 amide bonds. The van der Waals surface area contributed by atoms with Crippen LogP contribution in [0.3, 0.4) is 0 Å². The lowest BCUT2D eigenvalue weighted by molar-refractivity contribution is -0.144. The van der Waals surface area contributed by atoms with E-state index in [1.165, 1.54) is 0 Å². The second-order valence-corrected chi connectivity index (χ2v) is 4.23. The Labute approximate surface area is 105 Å².